The van der Waals surface area contributed by atoms with Crippen molar-refractivity contribution >= 4 is 18.2 Å². The minimum Gasteiger partial charge on any atom is -0.317 e. The number of hydrogen-bond acceptors (Lipinski definition) is 2. The van der Waals surface area contributed by atoms with Crippen molar-refractivity contribution in [2.24, 2.45) is 5.92 Å². The smallest absolute Gasteiger partial charge is 0.166 e. The van der Waals surface area contributed by atoms with Gasteiger partial charge in [0.1, 0.15) is 5.82 Å². The molecule has 1 heterocycles. The van der Waals surface area contributed by atoms with Crippen LogP contribution < -0.4 is 5.32 Å². The number of ketones is 1. The average molecular weight is 272 g/mol. The molecule has 2 nitrogen and oxygen atoms in total. The summed E-state index contributed by atoms with van der Waals surface area (Å²) in [5.41, 5.74) is 1.54. The van der Waals surface area contributed by atoms with Crippen LogP contribution in [0.25, 0.3) is 0 Å². The molecule has 0 saturated carbocycles. The highest BCUT2D eigenvalue weighted by molar-refractivity contribution is 5.99. The molecular formula is C14H19ClFNO. The summed E-state index contributed by atoms with van der Waals surface area (Å²) in [6.07, 6.45) is 2.49. The molecule has 1 saturated heterocycles. The number of halogens is 2. The maximum absolute atomic E-state index is 13.2. The van der Waals surface area contributed by atoms with Crippen LogP contribution in [0.5, 0.6) is 0 Å². The first-order valence-corrected chi connectivity index (χ1v) is 6.25. The molecule has 100 valence electrons. The second kappa shape index (κ2) is 6.86. The van der Waals surface area contributed by atoms with E-state index in [0.29, 0.717) is 5.56 Å². The van der Waals surface area contributed by atoms with Crippen molar-refractivity contribution in [2.75, 3.05) is 13.1 Å². The van der Waals surface area contributed by atoms with Crippen LogP contribution in [0.4, 0.5) is 4.39 Å². The topological polar surface area (TPSA) is 29.1 Å². The number of rotatable bonds is 3. The number of aryl methyl sites for hydroxylation is 1. The van der Waals surface area contributed by atoms with Gasteiger partial charge in [0.2, 0.25) is 0 Å². The molecular weight excluding hydrogens is 253 g/mol. The van der Waals surface area contributed by atoms with Crippen molar-refractivity contribution in [2.45, 2.75) is 26.2 Å². The molecule has 18 heavy (non-hydrogen) atoms. The predicted molar refractivity (Wildman–Crippen MR) is 73.0 cm³/mol. The summed E-state index contributed by atoms with van der Waals surface area (Å²) in [6.45, 7) is 3.76. The maximum Gasteiger partial charge on any atom is 0.166 e. The molecule has 0 aromatic heterocycles. The highest BCUT2D eigenvalue weighted by Gasteiger charge is 2.23. The fourth-order valence-corrected chi connectivity index (χ4v) is 2.39. The molecule has 4 heteroatoms. The number of benzene rings is 1. The van der Waals surface area contributed by atoms with Gasteiger partial charge in [-0.25, -0.2) is 4.39 Å². The Balaban J connectivity index is 0.00000162. The Morgan fingerprint density at radius 1 is 1.39 bits per heavy atom. The maximum atomic E-state index is 13.2. The van der Waals surface area contributed by atoms with E-state index in [1.54, 1.807) is 6.07 Å². The van der Waals surface area contributed by atoms with Crippen molar-refractivity contribution in [3.63, 3.8) is 0 Å². The number of piperidine rings is 1. The Labute approximate surface area is 113 Å². The molecule has 0 aliphatic carbocycles. The van der Waals surface area contributed by atoms with Crippen LogP contribution in [-0.2, 0) is 6.42 Å². The largest absolute Gasteiger partial charge is 0.317 e. The van der Waals surface area contributed by atoms with E-state index < -0.39 is 0 Å². The normalized spacial score (nSPS) is 16.1. The van der Waals surface area contributed by atoms with Gasteiger partial charge in [0.25, 0.3) is 0 Å². The Bertz CT molecular complexity index is 416. The Morgan fingerprint density at radius 3 is 2.67 bits per heavy atom. The minimum absolute atomic E-state index is 0. The first kappa shape index (κ1) is 15.1. The molecule has 1 aliphatic heterocycles. The summed E-state index contributed by atoms with van der Waals surface area (Å²) >= 11 is 0. The average Bonchev–Trinajstić information content (AvgIpc) is 2.39. The van der Waals surface area contributed by atoms with Gasteiger partial charge in [0.05, 0.1) is 0 Å². The van der Waals surface area contributed by atoms with E-state index in [1.807, 2.05) is 6.92 Å². The van der Waals surface area contributed by atoms with Crippen LogP contribution in [0, 0.1) is 11.7 Å². The molecule has 0 unspecified atom stereocenters. The lowest BCUT2D eigenvalue weighted by atomic mass is 9.87. The van der Waals surface area contributed by atoms with Gasteiger partial charge in [-0.2, -0.15) is 0 Å². The van der Waals surface area contributed by atoms with Crippen molar-refractivity contribution in [3.8, 4) is 0 Å². The minimum atomic E-state index is -0.320. The second-order valence-corrected chi connectivity index (χ2v) is 4.54. The second-order valence-electron chi connectivity index (χ2n) is 4.54. The highest BCUT2D eigenvalue weighted by atomic mass is 35.5. The Hall–Kier alpha value is -0.930. The SMILES string of the molecule is CCc1ccc(F)cc1C(=O)C1CCNCC1.Cl. The predicted octanol–water partition coefficient (Wildman–Crippen LogP) is 2.99. The first-order chi connectivity index (χ1) is 8.22. The lowest BCUT2D eigenvalue weighted by Gasteiger charge is -2.22. The summed E-state index contributed by atoms with van der Waals surface area (Å²) in [5.74, 6) is -0.148. The number of carbonyl (C=O) groups excluding carboxylic acids is 1. The number of hydrogen-bond donors (Lipinski definition) is 1. The third-order valence-corrected chi connectivity index (χ3v) is 3.43. The zero-order valence-electron chi connectivity index (χ0n) is 10.5. The number of nitrogens with one attached hydrogen (secondary N) is 1. The standard InChI is InChI=1S/C14H18FNO.ClH/c1-2-10-3-4-12(15)9-13(10)14(17)11-5-7-16-8-6-11;/h3-4,9,11,16H,2,5-8H2,1H3;1H. The fourth-order valence-electron chi connectivity index (χ4n) is 2.39. The van der Waals surface area contributed by atoms with Crippen LogP contribution in [0.2, 0.25) is 0 Å². The molecule has 0 amide bonds. The molecule has 0 atom stereocenters. The van der Waals surface area contributed by atoms with Gasteiger partial charge in [-0.05, 0) is 50.0 Å². The molecule has 0 bridgehead atoms. The van der Waals surface area contributed by atoms with Gasteiger partial charge in [0, 0.05) is 11.5 Å². The van der Waals surface area contributed by atoms with E-state index in [-0.39, 0.29) is 29.9 Å². The Kier molecular flexibility index (Phi) is 5.76. The van der Waals surface area contributed by atoms with Crippen molar-refractivity contribution < 1.29 is 9.18 Å². The van der Waals surface area contributed by atoms with E-state index in [9.17, 15) is 9.18 Å². The van der Waals surface area contributed by atoms with Crippen LogP contribution in [0.1, 0.15) is 35.7 Å². The monoisotopic (exact) mass is 271 g/mol. The Morgan fingerprint density at radius 2 is 2.06 bits per heavy atom. The molecule has 1 aliphatic rings. The van der Waals surface area contributed by atoms with Crippen LogP contribution >= 0.6 is 12.4 Å². The molecule has 2 rings (SSSR count). The molecule has 1 aromatic rings. The lowest BCUT2D eigenvalue weighted by molar-refractivity contribution is 0.0893. The third kappa shape index (κ3) is 3.30. The van der Waals surface area contributed by atoms with E-state index in [1.165, 1.54) is 12.1 Å². The van der Waals surface area contributed by atoms with Crippen molar-refractivity contribution in [3.05, 3.63) is 35.1 Å². The van der Waals surface area contributed by atoms with E-state index in [4.69, 9.17) is 0 Å². The van der Waals surface area contributed by atoms with Crippen molar-refractivity contribution in [1.29, 1.82) is 0 Å². The quantitative estimate of drug-likeness (QED) is 0.857. The van der Waals surface area contributed by atoms with Gasteiger partial charge in [-0.15, -0.1) is 12.4 Å². The highest BCUT2D eigenvalue weighted by Crippen LogP contribution is 2.22. The molecule has 1 aromatic carbocycles. The van der Waals surface area contributed by atoms with E-state index in [0.717, 1.165) is 37.9 Å². The van der Waals surface area contributed by atoms with E-state index in [2.05, 4.69) is 5.32 Å². The van der Waals surface area contributed by atoms with Gasteiger partial charge in [0.15, 0.2) is 5.78 Å². The first-order valence-electron chi connectivity index (χ1n) is 6.25. The summed E-state index contributed by atoms with van der Waals surface area (Å²) in [7, 11) is 0. The molecule has 1 fully saturated rings. The fraction of sp³-hybridized carbons (Fsp3) is 0.500. The van der Waals surface area contributed by atoms with Crippen LogP contribution in [0.15, 0.2) is 18.2 Å². The van der Waals surface area contributed by atoms with Gasteiger partial charge < -0.3 is 5.32 Å². The summed E-state index contributed by atoms with van der Waals surface area (Å²) in [5, 5.41) is 3.23. The van der Waals surface area contributed by atoms with Gasteiger partial charge in [-0.3, -0.25) is 4.79 Å². The lowest BCUT2D eigenvalue weighted by Crippen LogP contribution is -2.32. The van der Waals surface area contributed by atoms with Crippen LogP contribution in [-0.4, -0.2) is 18.9 Å². The van der Waals surface area contributed by atoms with Crippen molar-refractivity contribution in [1.82, 2.24) is 5.32 Å². The molecule has 1 N–H and O–H groups in total. The summed E-state index contributed by atoms with van der Waals surface area (Å²) in [4.78, 5) is 12.3. The summed E-state index contributed by atoms with van der Waals surface area (Å²) in [6, 6.07) is 4.55. The number of Topliss-reactive ketones (excluding diaryl/α,β-unsaturated/α-hetero) is 1. The molecule has 0 spiro atoms. The molecule has 0 radical (unpaired) electrons. The van der Waals surface area contributed by atoms with Gasteiger partial charge >= 0.3 is 0 Å². The van der Waals surface area contributed by atoms with E-state index >= 15 is 0 Å². The van der Waals surface area contributed by atoms with Crippen LogP contribution in [0.3, 0.4) is 0 Å². The zero-order valence-corrected chi connectivity index (χ0v) is 11.4. The zero-order chi connectivity index (χ0) is 12.3. The summed E-state index contributed by atoms with van der Waals surface area (Å²) < 4.78 is 13.2. The number of carbonyl (C=O) groups is 1. The van der Waals surface area contributed by atoms with Gasteiger partial charge in [-0.1, -0.05) is 13.0 Å². The third-order valence-electron chi connectivity index (χ3n) is 3.43.